The fourth-order valence-corrected chi connectivity index (χ4v) is 6.11. The lowest BCUT2D eigenvalue weighted by molar-refractivity contribution is -0.316. The Bertz CT molecular complexity index is 1950. The van der Waals surface area contributed by atoms with Crippen LogP contribution < -0.4 is 20.1 Å². The number of hydrogen-bond acceptors (Lipinski definition) is 14. The molecule has 1 aliphatic rings. The highest BCUT2D eigenvalue weighted by Gasteiger charge is 2.59. The van der Waals surface area contributed by atoms with Gasteiger partial charge in [0.15, 0.2) is 12.2 Å². The fraction of sp³-hybridized carbons (Fsp3) is 0.381. The van der Waals surface area contributed by atoms with Crippen LogP contribution in [0.5, 0.6) is 17.2 Å². The van der Waals surface area contributed by atoms with Crippen LogP contribution in [0.2, 0.25) is 0 Å². The van der Waals surface area contributed by atoms with E-state index in [0.29, 0.717) is 35.8 Å². The van der Waals surface area contributed by atoms with E-state index >= 15 is 0 Å². The number of benzene rings is 3. The van der Waals surface area contributed by atoms with Crippen LogP contribution in [0.15, 0.2) is 78.9 Å². The molecule has 1 aliphatic heterocycles. The molecule has 3 aromatic carbocycles. The molecule has 2 N–H and O–H groups in total. The van der Waals surface area contributed by atoms with E-state index in [1.165, 1.54) is 19.1 Å². The third-order valence-corrected chi connectivity index (χ3v) is 8.49. The number of carbonyl (C=O) groups is 6. The topological polar surface area (TPSA) is 200 Å². The first-order chi connectivity index (χ1) is 27.7. The Labute approximate surface area is 335 Å². The quantitative estimate of drug-likeness (QED) is 0.0815. The van der Waals surface area contributed by atoms with Crippen molar-refractivity contribution >= 4 is 35.7 Å². The summed E-state index contributed by atoms with van der Waals surface area (Å²) < 4.78 is 46.1. The molecule has 0 radical (unpaired) electrons. The minimum Gasteiger partial charge on any atom is -0.493 e. The maximum Gasteiger partial charge on any atom is 0.366 e. The standard InChI is InChI=1S/C42H46N2O14/c1-7-8-21-52-32-19-17-30(18-20-32)25-53-42(41(50)51-6)23-35(54-27(3)46)37(44-26(2)45)39(58-42)38(56-29(5)48)36(55-28(4)47)24-43-40(49)31-13-12-16-34(22-31)57-33-14-10-9-11-15-33/h1,9-20,22,35-39H,8,21,23-25H2,2-6H3,(H,43,49)(H,44,45)/t35-,36+,37+,38+,39+,42?/m0/s1. The van der Waals surface area contributed by atoms with Crippen LogP contribution in [0.3, 0.4) is 0 Å². The van der Waals surface area contributed by atoms with Crippen molar-refractivity contribution in [2.24, 2.45) is 0 Å². The van der Waals surface area contributed by atoms with Crippen molar-refractivity contribution in [3.05, 3.63) is 90.0 Å². The molecule has 16 heteroatoms. The van der Waals surface area contributed by atoms with E-state index in [4.69, 9.17) is 44.3 Å². The molecule has 1 unspecified atom stereocenters. The van der Waals surface area contributed by atoms with Gasteiger partial charge in [-0.15, -0.1) is 12.3 Å². The molecular weight excluding hydrogens is 756 g/mol. The SMILES string of the molecule is C#CCCOc1ccc(COC2(C(=O)OC)C[C@H](OC(C)=O)[C@@H](NC(C)=O)[C@H]([C@H](OC(C)=O)[C@@H](CNC(=O)c3cccc(Oc4ccccc4)c3)OC(C)=O)O2)cc1. The van der Waals surface area contributed by atoms with Gasteiger partial charge in [0.1, 0.15) is 29.5 Å². The van der Waals surface area contributed by atoms with Gasteiger partial charge in [0.05, 0.1) is 39.3 Å². The second-order valence-corrected chi connectivity index (χ2v) is 13.0. The average Bonchev–Trinajstić information content (AvgIpc) is 3.18. The van der Waals surface area contributed by atoms with Gasteiger partial charge in [-0.2, -0.15) is 0 Å². The third kappa shape index (κ3) is 12.8. The number of terminal acetylenes is 1. The summed E-state index contributed by atoms with van der Waals surface area (Å²) in [6, 6.07) is 20.5. The summed E-state index contributed by atoms with van der Waals surface area (Å²) in [6.07, 6.45) is -1.03. The first-order valence-electron chi connectivity index (χ1n) is 18.2. The fourth-order valence-electron chi connectivity index (χ4n) is 6.11. The Kier molecular flexibility index (Phi) is 16.2. The molecule has 0 aromatic heterocycles. The number of nitrogens with one attached hydrogen (secondary N) is 2. The predicted octanol–water partition coefficient (Wildman–Crippen LogP) is 3.79. The molecular formula is C42H46N2O14. The lowest BCUT2D eigenvalue weighted by Gasteiger charge is -2.48. The highest BCUT2D eigenvalue weighted by molar-refractivity contribution is 5.94. The first-order valence-corrected chi connectivity index (χ1v) is 18.2. The monoisotopic (exact) mass is 802 g/mol. The summed E-state index contributed by atoms with van der Waals surface area (Å²) in [5, 5.41) is 5.33. The molecule has 308 valence electrons. The van der Waals surface area contributed by atoms with Crippen LogP contribution in [-0.2, 0) is 59.0 Å². The number of carbonyl (C=O) groups excluding carboxylic acids is 6. The van der Waals surface area contributed by atoms with Gasteiger partial charge in [0.25, 0.3) is 11.7 Å². The Morgan fingerprint density at radius 3 is 2.17 bits per heavy atom. The van der Waals surface area contributed by atoms with Crippen LogP contribution in [-0.4, -0.2) is 92.2 Å². The molecule has 58 heavy (non-hydrogen) atoms. The lowest BCUT2D eigenvalue weighted by Crippen LogP contribution is -2.69. The maximum atomic E-state index is 13.7. The van der Waals surface area contributed by atoms with E-state index in [-0.39, 0.29) is 12.2 Å². The Morgan fingerprint density at radius 2 is 1.55 bits per heavy atom. The summed E-state index contributed by atoms with van der Waals surface area (Å²) >= 11 is 0. The van der Waals surface area contributed by atoms with Gasteiger partial charge in [-0.3, -0.25) is 24.0 Å². The van der Waals surface area contributed by atoms with Gasteiger partial charge in [-0.25, -0.2) is 4.79 Å². The third-order valence-electron chi connectivity index (χ3n) is 8.49. The van der Waals surface area contributed by atoms with Crippen LogP contribution in [0, 0.1) is 12.3 Å². The van der Waals surface area contributed by atoms with Crippen LogP contribution in [0.1, 0.15) is 56.5 Å². The van der Waals surface area contributed by atoms with E-state index < -0.39 is 84.9 Å². The average molecular weight is 803 g/mol. The van der Waals surface area contributed by atoms with E-state index in [9.17, 15) is 28.8 Å². The van der Waals surface area contributed by atoms with Crippen LogP contribution in [0.25, 0.3) is 0 Å². The number of para-hydroxylation sites is 1. The van der Waals surface area contributed by atoms with E-state index in [1.807, 2.05) is 6.07 Å². The molecule has 2 amide bonds. The Hall–Kier alpha value is -6.44. The van der Waals surface area contributed by atoms with Gasteiger partial charge >= 0.3 is 23.9 Å². The highest BCUT2D eigenvalue weighted by atomic mass is 16.7. The molecule has 16 nitrogen and oxygen atoms in total. The zero-order valence-corrected chi connectivity index (χ0v) is 32.7. The van der Waals surface area contributed by atoms with Crippen molar-refractivity contribution in [1.29, 1.82) is 0 Å². The van der Waals surface area contributed by atoms with E-state index in [2.05, 4.69) is 16.6 Å². The van der Waals surface area contributed by atoms with Gasteiger partial charge in [0, 0.05) is 39.7 Å². The summed E-state index contributed by atoms with van der Waals surface area (Å²) in [6.45, 7) is 4.01. The minimum atomic E-state index is -2.36. The number of esters is 4. The summed E-state index contributed by atoms with van der Waals surface area (Å²) in [7, 11) is 1.08. The zero-order chi connectivity index (χ0) is 42.2. The molecule has 4 rings (SSSR count). The molecule has 1 saturated heterocycles. The number of ether oxygens (including phenoxy) is 8. The smallest absolute Gasteiger partial charge is 0.366 e. The van der Waals surface area contributed by atoms with Crippen molar-refractivity contribution < 1.29 is 66.7 Å². The molecule has 1 heterocycles. The van der Waals surface area contributed by atoms with Crippen molar-refractivity contribution in [1.82, 2.24) is 10.6 Å². The summed E-state index contributed by atoms with van der Waals surface area (Å²) in [4.78, 5) is 77.8. The molecule has 0 saturated carbocycles. The molecule has 0 bridgehead atoms. The lowest BCUT2D eigenvalue weighted by atomic mass is 9.87. The van der Waals surface area contributed by atoms with Gasteiger partial charge in [-0.05, 0) is 48.0 Å². The van der Waals surface area contributed by atoms with Gasteiger partial charge < -0.3 is 48.5 Å². The van der Waals surface area contributed by atoms with Crippen LogP contribution >= 0.6 is 0 Å². The predicted molar refractivity (Wildman–Crippen MR) is 204 cm³/mol. The van der Waals surface area contributed by atoms with E-state index in [1.54, 1.807) is 60.7 Å². The zero-order valence-electron chi connectivity index (χ0n) is 32.7. The van der Waals surface area contributed by atoms with Crippen LogP contribution in [0.4, 0.5) is 0 Å². The second-order valence-electron chi connectivity index (χ2n) is 13.0. The highest BCUT2D eigenvalue weighted by Crippen LogP contribution is 2.38. The van der Waals surface area contributed by atoms with Crippen molar-refractivity contribution in [2.45, 2.75) is 83.4 Å². The van der Waals surface area contributed by atoms with E-state index in [0.717, 1.165) is 27.9 Å². The minimum absolute atomic E-state index is 0.171. The maximum absolute atomic E-state index is 13.7. The molecule has 0 spiro atoms. The summed E-state index contributed by atoms with van der Waals surface area (Å²) in [5.41, 5.74) is 0.722. The van der Waals surface area contributed by atoms with Crippen molar-refractivity contribution in [2.75, 3.05) is 20.3 Å². The number of amides is 2. The molecule has 3 aromatic rings. The summed E-state index contributed by atoms with van der Waals surface area (Å²) in [5.74, 6) is -3.30. The largest absolute Gasteiger partial charge is 0.493 e. The molecule has 1 fully saturated rings. The Balaban J connectivity index is 1.70. The van der Waals surface area contributed by atoms with Crippen molar-refractivity contribution in [3.63, 3.8) is 0 Å². The van der Waals surface area contributed by atoms with Gasteiger partial charge in [0.2, 0.25) is 5.91 Å². The first kappa shape index (κ1) is 44.3. The van der Waals surface area contributed by atoms with Crippen molar-refractivity contribution in [3.8, 4) is 29.6 Å². The molecule has 6 atom stereocenters. The molecule has 0 aliphatic carbocycles. The normalized spacial score (nSPS) is 19.5. The Morgan fingerprint density at radius 1 is 0.862 bits per heavy atom. The number of hydrogen-bond donors (Lipinski definition) is 2. The number of rotatable bonds is 18. The van der Waals surface area contributed by atoms with Gasteiger partial charge in [-0.1, -0.05) is 36.4 Å². The second kappa shape index (κ2) is 21.2. The number of methoxy groups -OCH3 is 1.